The molecular weight excluding hydrogens is 305 g/mol. The van der Waals surface area contributed by atoms with Crippen LogP contribution in [-0.2, 0) is 14.4 Å². The Kier molecular flexibility index (Phi) is 5.21. The highest BCUT2D eigenvalue weighted by Crippen LogP contribution is 2.52. The van der Waals surface area contributed by atoms with Crippen molar-refractivity contribution in [2.75, 3.05) is 18.8 Å². The normalized spacial score (nSPS) is 24.7. The van der Waals surface area contributed by atoms with Gasteiger partial charge in [0.15, 0.2) is 9.84 Å². The maximum Gasteiger partial charge on any atom is 0.207 e. The Balaban J connectivity index is 2.03. The molecule has 1 aromatic carbocycles. The minimum atomic E-state index is -3.31. The topological polar surface area (TPSA) is 46.6 Å². The highest BCUT2D eigenvalue weighted by Gasteiger charge is 2.35. The van der Waals surface area contributed by atoms with E-state index in [1.54, 1.807) is 30.3 Å². The fraction of sp³-hybridized carbons (Fsp3) is 0.500. The van der Waals surface area contributed by atoms with Crippen molar-refractivity contribution in [3.8, 4) is 0 Å². The van der Waals surface area contributed by atoms with Crippen LogP contribution in [0.1, 0.15) is 13.3 Å². The van der Waals surface area contributed by atoms with Crippen LogP contribution in [0, 0.1) is 0 Å². The van der Waals surface area contributed by atoms with Crippen LogP contribution in [0.4, 0.5) is 0 Å². The van der Waals surface area contributed by atoms with E-state index in [9.17, 15) is 8.42 Å². The smallest absolute Gasteiger partial charge is 0.207 e. The van der Waals surface area contributed by atoms with Gasteiger partial charge in [-0.05, 0) is 29.8 Å². The zero-order valence-electron chi connectivity index (χ0n) is 10.7. The number of benzene rings is 1. The summed E-state index contributed by atoms with van der Waals surface area (Å²) in [6.45, 7) is 3.50. The van der Waals surface area contributed by atoms with E-state index in [0.717, 1.165) is 13.0 Å². The SMILES string of the molecule is CCCN1C[C@H](CS(=O)(=O)c2ccccc2)OP1Cl. The van der Waals surface area contributed by atoms with Gasteiger partial charge in [0.25, 0.3) is 0 Å². The molecule has 1 saturated heterocycles. The first-order valence-corrected chi connectivity index (χ1v) is 9.95. The van der Waals surface area contributed by atoms with Gasteiger partial charge >= 0.3 is 0 Å². The van der Waals surface area contributed by atoms with E-state index in [-0.39, 0.29) is 11.9 Å². The molecule has 0 bridgehead atoms. The third-order valence-electron chi connectivity index (χ3n) is 2.86. The van der Waals surface area contributed by atoms with Crippen molar-refractivity contribution in [1.29, 1.82) is 0 Å². The van der Waals surface area contributed by atoms with Crippen molar-refractivity contribution >= 4 is 28.7 Å². The number of hydrogen-bond donors (Lipinski definition) is 0. The second-order valence-corrected chi connectivity index (χ2v) is 8.59. The maximum absolute atomic E-state index is 12.2. The highest BCUT2D eigenvalue weighted by atomic mass is 35.7. The van der Waals surface area contributed by atoms with Crippen molar-refractivity contribution in [3.05, 3.63) is 30.3 Å². The van der Waals surface area contributed by atoms with Gasteiger partial charge < -0.3 is 4.52 Å². The molecule has 7 heteroatoms. The van der Waals surface area contributed by atoms with Gasteiger partial charge in [0.1, 0.15) is 0 Å². The highest BCUT2D eigenvalue weighted by molar-refractivity contribution is 7.91. The van der Waals surface area contributed by atoms with Gasteiger partial charge in [0, 0.05) is 13.1 Å². The van der Waals surface area contributed by atoms with Crippen LogP contribution in [0.5, 0.6) is 0 Å². The third-order valence-corrected chi connectivity index (χ3v) is 6.82. The maximum atomic E-state index is 12.2. The van der Waals surface area contributed by atoms with Crippen molar-refractivity contribution in [2.45, 2.75) is 24.3 Å². The van der Waals surface area contributed by atoms with Crippen molar-refractivity contribution in [2.24, 2.45) is 0 Å². The standard InChI is InChI=1S/C12H17ClNO3PS/c1-2-8-14-9-11(17-18(14)13)10-19(15,16)12-6-4-3-5-7-12/h3-7,11H,2,8-10H2,1H3/t11-,18?/m1/s1. The molecule has 1 unspecified atom stereocenters. The number of sulfone groups is 1. The lowest BCUT2D eigenvalue weighted by atomic mass is 10.4. The monoisotopic (exact) mass is 321 g/mol. The summed E-state index contributed by atoms with van der Waals surface area (Å²) in [6.07, 6.45) is 0.646. The molecule has 19 heavy (non-hydrogen) atoms. The minimum absolute atomic E-state index is 0.0111. The molecule has 0 N–H and O–H groups in total. The molecule has 1 fully saturated rings. The van der Waals surface area contributed by atoms with Crippen LogP contribution in [0.2, 0.25) is 0 Å². The Morgan fingerprint density at radius 1 is 1.42 bits per heavy atom. The molecule has 1 aliphatic rings. The average Bonchev–Trinajstić information content (AvgIpc) is 2.70. The van der Waals surface area contributed by atoms with Gasteiger partial charge in [0.05, 0.1) is 16.8 Å². The molecule has 106 valence electrons. The number of halogens is 1. The Morgan fingerprint density at radius 2 is 2.11 bits per heavy atom. The molecule has 2 atom stereocenters. The molecule has 0 aromatic heterocycles. The Hall–Kier alpha value is -0.190. The summed E-state index contributed by atoms with van der Waals surface area (Å²) in [6, 6.07) is 8.46. The molecule has 1 heterocycles. The van der Waals surface area contributed by atoms with Crippen molar-refractivity contribution < 1.29 is 12.9 Å². The molecule has 0 aliphatic carbocycles. The third kappa shape index (κ3) is 3.89. The van der Waals surface area contributed by atoms with E-state index < -0.39 is 17.5 Å². The molecule has 0 spiro atoms. The molecule has 0 saturated carbocycles. The van der Waals surface area contributed by atoms with E-state index in [1.165, 1.54) is 0 Å². The quantitative estimate of drug-likeness (QED) is 0.782. The Bertz CT molecular complexity index is 511. The van der Waals surface area contributed by atoms with Crippen LogP contribution in [0.15, 0.2) is 35.2 Å². The fourth-order valence-electron chi connectivity index (χ4n) is 2.00. The summed E-state index contributed by atoms with van der Waals surface area (Å²) in [5.74, 6) is -0.0111. The lowest BCUT2D eigenvalue weighted by Gasteiger charge is -2.13. The Labute approximate surface area is 120 Å². The van der Waals surface area contributed by atoms with Crippen molar-refractivity contribution in [3.63, 3.8) is 0 Å². The lowest BCUT2D eigenvalue weighted by molar-refractivity contribution is 0.281. The van der Waals surface area contributed by atoms with Gasteiger partial charge in [-0.25, -0.2) is 13.1 Å². The van der Waals surface area contributed by atoms with Crippen LogP contribution in [0.25, 0.3) is 0 Å². The van der Waals surface area contributed by atoms with Crippen LogP contribution >= 0.6 is 18.9 Å². The second-order valence-electron chi connectivity index (χ2n) is 4.46. The second kappa shape index (κ2) is 6.51. The van der Waals surface area contributed by atoms with Gasteiger partial charge in [-0.1, -0.05) is 25.1 Å². The molecule has 2 rings (SSSR count). The van der Waals surface area contributed by atoms with Crippen LogP contribution in [0.3, 0.4) is 0 Å². The zero-order valence-corrected chi connectivity index (χ0v) is 13.2. The summed E-state index contributed by atoms with van der Waals surface area (Å²) < 4.78 is 32.0. The minimum Gasteiger partial charge on any atom is -0.326 e. The van der Waals surface area contributed by atoms with E-state index >= 15 is 0 Å². The first-order chi connectivity index (χ1) is 9.03. The molecule has 4 nitrogen and oxygen atoms in total. The summed E-state index contributed by atoms with van der Waals surface area (Å²) >= 11 is 6.10. The van der Waals surface area contributed by atoms with Crippen LogP contribution in [-0.4, -0.2) is 38.0 Å². The molecular formula is C12H17ClNO3PS. The van der Waals surface area contributed by atoms with E-state index in [2.05, 4.69) is 6.92 Å². The van der Waals surface area contributed by atoms with Gasteiger partial charge in [-0.3, -0.25) is 0 Å². The molecule has 0 amide bonds. The summed E-state index contributed by atoms with van der Waals surface area (Å²) in [5.41, 5.74) is 0. The predicted molar refractivity (Wildman–Crippen MR) is 78.0 cm³/mol. The van der Waals surface area contributed by atoms with Crippen molar-refractivity contribution in [1.82, 2.24) is 4.67 Å². The van der Waals surface area contributed by atoms with Gasteiger partial charge in [-0.15, -0.1) is 0 Å². The molecule has 0 radical (unpaired) electrons. The molecule has 1 aromatic rings. The van der Waals surface area contributed by atoms with E-state index in [4.69, 9.17) is 15.8 Å². The first kappa shape index (κ1) is 15.2. The largest absolute Gasteiger partial charge is 0.326 e. The first-order valence-electron chi connectivity index (χ1n) is 6.18. The number of nitrogens with zero attached hydrogens (tertiary/aromatic N) is 1. The lowest BCUT2D eigenvalue weighted by Crippen LogP contribution is -2.26. The zero-order chi connectivity index (χ0) is 13.9. The summed E-state index contributed by atoms with van der Waals surface area (Å²) in [5, 5.41) is 0. The summed E-state index contributed by atoms with van der Waals surface area (Å²) in [4.78, 5) is 0.339. The average molecular weight is 322 g/mol. The molecule has 1 aliphatic heterocycles. The number of rotatable bonds is 5. The van der Waals surface area contributed by atoms with Crippen LogP contribution < -0.4 is 0 Å². The number of hydrogen-bond acceptors (Lipinski definition) is 4. The van der Waals surface area contributed by atoms with Gasteiger partial charge in [0.2, 0.25) is 7.65 Å². The van der Waals surface area contributed by atoms with Gasteiger partial charge in [-0.2, -0.15) is 0 Å². The fourth-order valence-corrected chi connectivity index (χ4v) is 5.47. The van der Waals surface area contributed by atoms with E-state index in [0.29, 0.717) is 11.4 Å². The van der Waals surface area contributed by atoms with E-state index in [1.807, 2.05) is 4.67 Å². The predicted octanol–water partition coefficient (Wildman–Crippen LogP) is 3.04. The Morgan fingerprint density at radius 3 is 2.74 bits per heavy atom. The summed E-state index contributed by atoms with van der Waals surface area (Å²) in [7, 11) is -4.46.